The first-order valence-electron chi connectivity index (χ1n) is 7.23. The molecule has 10 heteroatoms. The molecule has 4 aromatic heterocycles. The van der Waals surface area contributed by atoms with Gasteiger partial charge in [-0.1, -0.05) is 0 Å². The minimum Gasteiger partial charge on any atom is -0.464 e. The van der Waals surface area contributed by atoms with Crippen LogP contribution in [0.5, 0.6) is 0 Å². The third-order valence-electron chi connectivity index (χ3n) is 3.67. The summed E-state index contributed by atoms with van der Waals surface area (Å²) in [4.78, 5) is 31.1. The summed E-state index contributed by atoms with van der Waals surface area (Å²) >= 11 is 0. The summed E-state index contributed by atoms with van der Waals surface area (Å²) in [6, 6.07) is 4.90. The van der Waals surface area contributed by atoms with Gasteiger partial charge < -0.3 is 9.15 Å². The van der Waals surface area contributed by atoms with Crippen molar-refractivity contribution >= 4 is 17.0 Å². The van der Waals surface area contributed by atoms with Gasteiger partial charge in [-0.05, 0) is 12.1 Å². The molecule has 25 heavy (non-hydrogen) atoms. The molecule has 0 atom stereocenters. The van der Waals surface area contributed by atoms with Gasteiger partial charge in [-0.15, -0.1) is 0 Å². The molecule has 0 saturated heterocycles. The van der Waals surface area contributed by atoms with Crippen molar-refractivity contribution in [1.82, 2.24) is 29.5 Å². The highest BCUT2D eigenvalue weighted by molar-refractivity contribution is 5.88. The molecule has 0 aliphatic heterocycles. The normalized spacial score (nSPS) is 11.1. The van der Waals surface area contributed by atoms with E-state index in [0.29, 0.717) is 22.5 Å². The van der Waals surface area contributed by atoms with Gasteiger partial charge >= 0.3 is 5.97 Å². The van der Waals surface area contributed by atoms with Crippen molar-refractivity contribution in [2.45, 2.75) is 0 Å². The maximum atomic E-state index is 12.3. The SMILES string of the molecule is COC(=O)c1cc(-c2ccco2)n(-c2nc3c(cnn3C)c(=O)[nH]2)n1. The summed E-state index contributed by atoms with van der Waals surface area (Å²) in [7, 11) is 2.94. The Labute approximate surface area is 139 Å². The molecule has 0 aliphatic rings. The fraction of sp³-hybridized carbons (Fsp3) is 0.133. The van der Waals surface area contributed by atoms with E-state index in [1.807, 2.05) is 0 Å². The first kappa shape index (κ1) is 14.9. The van der Waals surface area contributed by atoms with E-state index in [1.165, 1.54) is 35.0 Å². The third kappa shape index (κ3) is 2.31. The number of carbonyl (C=O) groups excluding carboxylic acids is 1. The summed E-state index contributed by atoms with van der Waals surface area (Å²) in [5.41, 5.74) is 0.518. The molecule has 0 aliphatic carbocycles. The molecule has 4 aromatic rings. The molecule has 0 fully saturated rings. The van der Waals surface area contributed by atoms with Crippen LogP contribution in [-0.4, -0.2) is 42.6 Å². The molecule has 10 nitrogen and oxygen atoms in total. The number of furan rings is 1. The molecule has 0 unspecified atom stereocenters. The number of H-pyrrole nitrogens is 1. The number of hydrogen-bond acceptors (Lipinski definition) is 7. The van der Waals surface area contributed by atoms with Crippen molar-refractivity contribution in [2.24, 2.45) is 7.05 Å². The first-order chi connectivity index (χ1) is 12.1. The molecular formula is C15H12N6O4. The fourth-order valence-electron chi connectivity index (χ4n) is 2.47. The van der Waals surface area contributed by atoms with Crippen LogP contribution in [0.25, 0.3) is 28.4 Å². The number of methoxy groups -OCH3 is 1. The topological polar surface area (TPSA) is 121 Å². The zero-order valence-electron chi connectivity index (χ0n) is 13.3. The third-order valence-corrected chi connectivity index (χ3v) is 3.67. The molecule has 0 saturated carbocycles. The molecule has 4 heterocycles. The van der Waals surface area contributed by atoms with Gasteiger partial charge in [0.1, 0.15) is 11.1 Å². The lowest BCUT2D eigenvalue weighted by atomic mass is 10.3. The second-order valence-electron chi connectivity index (χ2n) is 5.19. The first-order valence-corrected chi connectivity index (χ1v) is 7.23. The number of ether oxygens (including phenoxy) is 1. The molecule has 1 N–H and O–H groups in total. The quantitative estimate of drug-likeness (QED) is 0.550. The van der Waals surface area contributed by atoms with Crippen LogP contribution in [0.15, 0.2) is 39.9 Å². The average molecular weight is 340 g/mol. The highest BCUT2D eigenvalue weighted by Gasteiger charge is 2.21. The Hall–Kier alpha value is -3.69. The van der Waals surface area contributed by atoms with Crippen LogP contribution < -0.4 is 5.56 Å². The van der Waals surface area contributed by atoms with Gasteiger partial charge in [0.2, 0.25) is 5.95 Å². The highest BCUT2D eigenvalue weighted by Crippen LogP contribution is 2.23. The van der Waals surface area contributed by atoms with E-state index in [-0.39, 0.29) is 17.2 Å². The predicted octanol–water partition coefficient (Wildman–Crippen LogP) is 0.889. The number of carbonyl (C=O) groups is 1. The summed E-state index contributed by atoms with van der Waals surface area (Å²) in [5.74, 6) is -0.0337. The minimum atomic E-state index is -0.615. The second-order valence-corrected chi connectivity index (χ2v) is 5.19. The number of esters is 1. The maximum absolute atomic E-state index is 12.3. The lowest BCUT2D eigenvalue weighted by Crippen LogP contribution is -2.15. The minimum absolute atomic E-state index is 0.0571. The Kier molecular flexibility index (Phi) is 3.24. The Morgan fingerprint density at radius 1 is 1.40 bits per heavy atom. The molecule has 0 radical (unpaired) electrons. The Morgan fingerprint density at radius 2 is 2.24 bits per heavy atom. The van der Waals surface area contributed by atoms with E-state index in [9.17, 15) is 9.59 Å². The Morgan fingerprint density at radius 3 is 2.96 bits per heavy atom. The van der Waals surface area contributed by atoms with E-state index >= 15 is 0 Å². The van der Waals surface area contributed by atoms with Gasteiger partial charge in [0, 0.05) is 13.1 Å². The van der Waals surface area contributed by atoms with Crippen molar-refractivity contribution in [3.63, 3.8) is 0 Å². The van der Waals surface area contributed by atoms with Crippen LogP contribution in [0.1, 0.15) is 10.5 Å². The van der Waals surface area contributed by atoms with E-state index < -0.39 is 5.97 Å². The summed E-state index contributed by atoms with van der Waals surface area (Å²) in [6.45, 7) is 0. The summed E-state index contributed by atoms with van der Waals surface area (Å²) < 4.78 is 12.9. The van der Waals surface area contributed by atoms with Crippen molar-refractivity contribution in [2.75, 3.05) is 7.11 Å². The van der Waals surface area contributed by atoms with Crippen LogP contribution >= 0.6 is 0 Å². The number of aromatic nitrogens is 6. The number of fused-ring (bicyclic) bond motifs is 1. The number of nitrogens with one attached hydrogen (secondary N) is 1. The predicted molar refractivity (Wildman–Crippen MR) is 85.3 cm³/mol. The molecule has 126 valence electrons. The number of nitrogens with zero attached hydrogens (tertiary/aromatic N) is 5. The lowest BCUT2D eigenvalue weighted by molar-refractivity contribution is 0.0593. The standard InChI is InChI=1S/C15H12N6O4/c1-20-12-8(7-16-20)13(22)18-15(17-12)21-10(11-4-3-5-25-11)6-9(19-21)14(23)24-2/h3-7H,1-2H3,(H,17,18,22). The van der Waals surface area contributed by atoms with Gasteiger partial charge in [0.15, 0.2) is 17.1 Å². The van der Waals surface area contributed by atoms with Gasteiger partial charge in [-0.25, -0.2) is 4.79 Å². The van der Waals surface area contributed by atoms with Crippen LogP contribution in [0.4, 0.5) is 0 Å². The molecular weight excluding hydrogens is 328 g/mol. The van der Waals surface area contributed by atoms with Crippen LogP contribution in [0.2, 0.25) is 0 Å². The second kappa shape index (κ2) is 5.44. The molecule has 0 bridgehead atoms. The number of aromatic amines is 1. The average Bonchev–Trinajstić information content (AvgIpc) is 3.33. The van der Waals surface area contributed by atoms with Crippen LogP contribution in [0, 0.1) is 0 Å². The van der Waals surface area contributed by atoms with Crippen LogP contribution in [-0.2, 0) is 11.8 Å². The monoisotopic (exact) mass is 340 g/mol. The Balaban J connectivity index is 1.98. The van der Waals surface area contributed by atoms with Gasteiger partial charge in [0.25, 0.3) is 5.56 Å². The molecule has 0 amide bonds. The highest BCUT2D eigenvalue weighted by atomic mass is 16.5. The molecule has 0 spiro atoms. The zero-order valence-corrected chi connectivity index (χ0v) is 13.3. The maximum Gasteiger partial charge on any atom is 0.358 e. The Bertz CT molecular complexity index is 1130. The number of aryl methyl sites for hydroxylation is 1. The van der Waals surface area contributed by atoms with Gasteiger partial charge in [-0.3, -0.25) is 14.5 Å². The van der Waals surface area contributed by atoms with Crippen molar-refractivity contribution < 1.29 is 13.9 Å². The lowest BCUT2D eigenvalue weighted by Gasteiger charge is -2.04. The van der Waals surface area contributed by atoms with Gasteiger partial charge in [-0.2, -0.15) is 19.9 Å². The zero-order chi connectivity index (χ0) is 17.6. The number of hydrogen-bond donors (Lipinski definition) is 1. The van der Waals surface area contributed by atoms with Crippen molar-refractivity contribution in [3.8, 4) is 17.4 Å². The van der Waals surface area contributed by atoms with E-state index in [4.69, 9.17) is 9.15 Å². The largest absolute Gasteiger partial charge is 0.464 e. The summed E-state index contributed by atoms with van der Waals surface area (Å²) in [6.07, 6.45) is 2.92. The number of rotatable bonds is 3. The van der Waals surface area contributed by atoms with E-state index in [0.717, 1.165) is 0 Å². The van der Waals surface area contributed by atoms with E-state index in [1.54, 1.807) is 19.2 Å². The van der Waals surface area contributed by atoms with Crippen LogP contribution in [0.3, 0.4) is 0 Å². The molecule has 4 rings (SSSR count). The fourth-order valence-corrected chi connectivity index (χ4v) is 2.47. The summed E-state index contributed by atoms with van der Waals surface area (Å²) in [5, 5.41) is 8.56. The van der Waals surface area contributed by atoms with Crippen molar-refractivity contribution in [1.29, 1.82) is 0 Å². The van der Waals surface area contributed by atoms with Gasteiger partial charge in [0.05, 0.1) is 19.6 Å². The van der Waals surface area contributed by atoms with E-state index in [2.05, 4.69) is 20.2 Å². The van der Waals surface area contributed by atoms with Crippen molar-refractivity contribution in [3.05, 3.63) is 46.7 Å². The molecule has 0 aromatic carbocycles. The smallest absolute Gasteiger partial charge is 0.358 e.